The summed E-state index contributed by atoms with van der Waals surface area (Å²) in [6.07, 6.45) is 3.88. The van der Waals surface area contributed by atoms with Crippen LogP contribution in [0.15, 0.2) is 24.3 Å². The molecule has 0 aromatic heterocycles. The van der Waals surface area contributed by atoms with Gasteiger partial charge in [-0.05, 0) is 25.5 Å². The zero-order valence-electron chi connectivity index (χ0n) is 10.6. The zero-order chi connectivity index (χ0) is 12.4. The molecular weight excluding hydrogens is 246 g/mol. The monoisotopic (exact) mass is 265 g/mol. The molecule has 0 saturated carbocycles. The van der Waals surface area contributed by atoms with Crippen molar-refractivity contribution >= 4 is 11.6 Å². The van der Waals surface area contributed by atoms with Crippen molar-refractivity contribution in [2.24, 2.45) is 0 Å². The maximum absolute atomic E-state index is 6.09. The topological polar surface area (TPSA) is 12.5 Å². The van der Waals surface area contributed by atoms with Crippen molar-refractivity contribution in [2.45, 2.75) is 31.2 Å². The summed E-state index contributed by atoms with van der Waals surface area (Å²) >= 11 is 6.09. The van der Waals surface area contributed by atoms with Gasteiger partial charge in [0.2, 0.25) is 0 Å². The number of hydrogen-bond acceptors (Lipinski definition) is 2. The Balaban J connectivity index is 1.70. The average molecular weight is 266 g/mol. The van der Waals surface area contributed by atoms with Crippen molar-refractivity contribution in [3.8, 4) is 5.75 Å². The van der Waals surface area contributed by atoms with Crippen LogP contribution < -0.4 is 4.74 Å². The Morgan fingerprint density at radius 1 is 1.28 bits per heavy atom. The van der Waals surface area contributed by atoms with Crippen LogP contribution >= 0.6 is 11.6 Å². The lowest BCUT2D eigenvalue weighted by Gasteiger charge is -2.36. The van der Waals surface area contributed by atoms with Crippen molar-refractivity contribution in [1.29, 1.82) is 0 Å². The van der Waals surface area contributed by atoms with Gasteiger partial charge in [-0.3, -0.25) is 4.90 Å². The Labute approximate surface area is 114 Å². The first-order valence-electron chi connectivity index (χ1n) is 6.90. The first-order chi connectivity index (χ1) is 8.88. The van der Waals surface area contributed by atoms with Crippen LogP contribution in [0.5, 0.6) is 5.75 Å². The van der Waals surface area contributed by atoms with Gasteiger partial charge in [-0.15, -0.1) is 11.6 Å². The number of para-hydroxylation sites is 1. The molecule has 0 radical (unpaired) electrons. The summed E-state index contributed by atoms with van der Waals surface area (Å²) in [7, 11) is 0. The highest BCUT2D eigenvalue weighted by molar-refractivity contribution is 6.18. The highest BCUT2D eigenvalue weighted by atomic mass is 35.5. The minimum absolute atomic E-state index is 0.519. The highest BCUT2D eigenvalue weighted by Crippen LogP contribution is 2.35. The number of piperidine rings is 1. The molecule has 0 N–H and O–H groups in total. The molecule has 2 aliphatic heterocycles. The highest BCUT2D eigenvalue weighted by Gasteiger charge is 2.29. The number of benzene rings is 1. The Kier molecular flexibility index (Phi) is 3.76. The number of nitrogens with zero attached hydrogens (tertiary/aromatic N) is 1. The molecule has 2 atom stereocenters. The van der Waals surface area contributed by atoms with E-state index in [4.69, 9.17) is 16.3 Å². The quantitative estimate of drug-likeness (QED) is 0.778. The third-order valence-corrected chi connectivity index (χ3v) is 4.54. The Morgan fingerprint density at radius 3 is 3.06 bits per heavy atom. The van der Waals surface area contributed by atoms with Crippen LogP contribution in [0.25, 0.3) is 0 Å². The largest absolute Gasteiger partial charge is 0.493 e. The fraction of sp³-hybridized carbons (Fsp3) is 0.600. The Hall–Kier alpha value is -0.730. The van der Waals surface area contributed by atoms with Crippen LogP contribution in [0.3, 0.4) is 0 Å². The number of hydrogen-bond donors (Lipinski definition) is 0. The van der Waals surface area contributed by atoms with Gasteiger partial charge in [-0.25, -0.2) is 0 Å². The molecule has 1 saturated heterocycles. The van der Waals surface area contributed by atoms with Crippen LogP contribution in [0, 0.1) is 0 Å². The Bertz CT molecular complexity index is 409. The summed E-state index contributed by atoms with van der Waals surface area (Å²) in [5.41, 5.74) is 1.37. The van der Waals surface area contributed by atoms with E-state index in [2.05, 4.69) is 23.1 Å². The molecule has 3 rings (SSSR count). The molecule has 1 aromatic carbocycles. The van der Waals surface area contributed by atoms with Gasteiger partial charge in [-0.1, -0.05) is 24.6 Å². The van der Waals surface area contributed by atoms with Crippen molar-refractivity contribution in [3.05, 3.63) is 29.8 Å². The van der Waals surface area contributed by atoms with E-state index < -0.39 is 0 Å². The van der Waals surface area contributed by atoms with Crippen molar-refractivity contribution in [1.82, 2.24) is 4.90 Å². The maximum Gasteiger partial charge on any atom is 0.122 e. The van der Waals surface area contributed by atoms with E-state index in [1.54, 1.807) is 0 Å². The SMILES string of the molecule is ClCC1CCCCN1CC1COc2ccccc21. The van der Waals surface area contributed by atoms with E-state index in [1.807, 2.05) is 6.07 Å². The summed E-state index contributed by atoms with van der Waals surface area (Å²) in [5.74, 6) is 2.35. The second-order valence-electron chi connectivity index (χ2n) is 5.34. The molecule has 98 valence electrons. The lowest BCUT2D eigenvalue weighted by molar-refractivity contribution is 0.146. The molecule has 0 amide bonds. The molecule has 2 unspecified atom stereocenters. The van der Waals surface area contributed by atoms with E-state index >= 15 is 0 Å². The van der Waals surface area contributed by atoms with Gasteiger partial charge in [0.25, 0.3) is 0 Å². The third kappa shape index (κ3) is 2.36. The normalized spacial score (nSPS) is 27.8. The fourth-order valence-electron chi connectivity index (χ4n) is 3.14. The summed E-state index contributed by atoms with van der Waals surface area (Å²) in [6.45, 7) is 3.11. The molecular formula is C15H20ClNO. The summed E-state index contributed by atoms with van der Waals surface area (Å²) < 4.78 is 5.76. The van der Waals surface area contributed by atoms with Crippen LogP contribution in [-0.2, 0) is 0 Å². The van der Waals surface area contributed by atoms with Crippen molar-refractivity contribution in [3.63, 3.8) is 0 Å². The number of halogens is 1. The lowest BCUT2D eigenvalue weighted by Crippen LogP contribution is -2.43. The molecule has 2 aliphatic rings. The first-order valence-corrected chi connectivity index (χ1v) is 7.43. The van der Waals surface area contributed by atoms with Gasteiger partial charge in [0.15, 0.2) is 0 Å². The number of ether oxygens (including phenoxy) is 1. The fourth-order valence-corrected chi connectivity index (χ4v) is 3.49. The number of likely N-dealkylation sites (tertiary alicyclic amines) is 1. The van der Waals surface area contributed by atoms with Gasteiger partial charge < -0.3 is 4.74 Å². The summed E-state index contributed by atoms with van der Waals surface area (Å²) in [5, 5.41) is 0. The van der Waals surface area contributed by atoms with Crippen molar-refractivity contribution in [2.75, 3.05) is 25.6 Å². The molecule has 1 fully saturated rings. The second kappa shape index (κ2) is 5.50. The maximum atomic E-state index is 6.09. The van der Waals surface area contributed by atoms with E-state index in [1.165, 1.54) is 31.4 Å². The first kappa shape index (κ1) is 12.3. The molecule has 3 heteroatoms. The van der Waals surface area contributed by atoms with Crippen LogP contribution in [0.2, 0.25) is 0 Å². The molecule has 2 nitrogen and oxygen atoms in total. The Morgan fingerprint density at radius 2 is 2.17 bits per heavy atom. The predicted molar refractivity (Wildman–Crippen MR) is 74.6 cm³/mol. The zero-order valence-corrected chi connectivity index (χ0v) is 11.4. The minimum atomic E-state index is 0.519. The average Bonchev–Trinajstić information content (AvgIpc) is 2.83. The second-order valence-corrected chi connectivity index (χ2v) is 5.65. The summed E-state index contributed by atoms with van der Waals surface area (Å²) in [4.78, 5) is 2.56. The molecule has 0 aliphatic carbocycles. The van der Waals surface area contributed by atoms with E-state index in [9.17, 15) is 0 Å². The van der Waals surface area contributed by atoms with E-state index in [0.29, 0.717) is 12.0 Å². The van der Waals surface area contributed by atoms with E-state index in [0.717, 1.165) is 24.8 Å². The van der Waals surface area contributed by atoms with Crippen LogP contribution in [0.4, 0.5) is 0 Å². The van der Waals surface area contributed by atoms with Gasteiger partial charge in [0.05, 0.1) is 6.61 Å². The molecule has 0 spiro atoms. The van der Waals surface area contributed by atoms with Gasteiger partial charge in [0.1, 0.15) is 5.75 Å². The van der Waals surface area contributed by atoms with E-state index in [-0.39, 0.29) is 0 Å². The summed E-state index contributed by atoms with van der Waals surface area (Å²) in [6, 6.07) is 8.99. The smallest absolute Gasteiger partial charge is 0.122 e. The predicted octanol–water partition coefficient (Wildman–Crippen LogP) is 3.26. The molecule has 18 heavy (non-hydrogen) atoms. The number of rotatable bonds is 3. The van der Waals surface area contributed by atoms with Gasteiger partial charge in [-0.2, -0.15) is 0 Å². The third-order valence-electron chi connectivity index (χ3n) is 4.18. The standard InChI is InChI=1S/C15H20ClNO/c16-9-13-5-3-4-8-17(13)10-12-11-18-15-7-2-1-6-14(12)15/h1-2,6-7,12-13H,3-5,8-11H2. The number of fused-ring (bicyclic) bond motifs is 1. The number of alkyl halides is 1. The molecule has 2 heterocycles. The molecule has 1 aromatic rings. The van der Waals surface area contributed by atoms with Crippen LogP contribution in [-0.4, -0.2) is 36.5 Å². The van der Waals surface area contributed by atoms with Gasteiger partial charge in [0, 0.05) is 29.9 Å². The molecule has 0 bridgehead atoms. The van der Waals surface area contributed by atoms with Crippen LogP contribution in [0.1, 0.15) is 30.7 Å². The van der Waals surface area contributed by atoms with Crippen molar-refractivity contribution < 1.29 is 4.74 Å². The van der Waals surface area contributed by atoms with Gasteiger partial charge >= 0.3 is 0 Å². The minimum Gasteiger partial charge on any atom is -0.493 e. The lowest BCUT2D eigenvalue weighted by atomic mass is 9.97.